The Hall–Kier alpha value is -8.35. The molecule has 0 saturated carbocycles. The lowest BCUT2D eigenvalue weighted by molar-refractivity contribution is 0.658. The second-order valence-electron chi connectivity index (χ2n) is 16.9. The summed E-state index contributed by atoms with van der Waals surface area (Å²) in [4.78, 5) is 25.8. The van der Waals surface area contributed by atoms with E-state index in [4.69, 9.17) is 24.9 Å². The van der Waals surface area contributed by atoms with Gasteiger partial charge in [0.1, 0.15) is 0 Å². The molecule has 3 heterocycles. The molecule has 1 aliphatic rings. The molecule has 0 unspecified atom stereocenters. The van der Waals surface area contributed by atoms with E-state index in [1.54, 1.807) is 0 Å². The number of hydrogen-bond acceptors (Lipinski definition) is 5. The van der Waals surface area contributed by atoms with Crippen LogP contribution in [0.1, 0.15) is 25.0 Å². The Morgan fingerprint density at radius 2 is 0.844 bits per heavy atom. The molecule has 1 aliphatic carbocycles. The highest BCUT2D eigenvalue weighted by Gasteiger charge is 2.40. The van der Waals surface area contributed by atoms with E-state index in [1.165, 1.54) is 21.9 Å². The zero-order chi connectivity index (χ0) is 42.8. The third-order valence-corrected chi connectivity index (χ3v) is 12.6. The summed E-state index contributed by atoms with van der Waals surface area (Å²) in [5.41, 5.74) is 15.6. The lowest BCUT2D eigenvalue weighted by Crippen LogP contribution is -2.17. The molecular weight excluding hydrogens is 781 g/mol. The lowest BCUT2D eigenvalue weighted by atomic mass is 9.80. The smallest absolute Gasteiger partial charge is 0.164 e. The predicted octanol–water partition coefficient (Wildman–Crippen LogP) is 14.1. The molecule has 0 bridgehead atoms. The second kappa shape index (κ2) is 14.9. The number of benzene rings is 8. The zero-order valence-corrected chi connectivity index (χ0v) is 35.3. The van der Waals surface area contributed by atoms with Crippen molar-refractivity contribution < 1.29 is 0 Å². The average Bonchev–Trinajstić information content (AvgIpc) is 3.82. The molecular formula is C58H40N6. The van der Waals surface area contributed by atoms with Crippen molar-refractivity contribution in [3.05, 3.63) is 217 Å². The van der Waals surface area contributed by atoms with E-state index in [9.17, 15) is 0 Å². The fourth-order valence-electron chi connectivity index (χ4n) is 9.52. The van der Waals surface area contributed by atoms with Crippen molar-refractivity contribution in [2.24, 2.45) is 0 Å². The van der Waals surface area contributed by atoms with Gasteiger partial charge in [-0.05, 0) is 59.2 Å². The molecule has 64 heavy (non-hydrogen) atoms. The minimum atomic E-state index is -0.313. The third-order valence-electron chi connectivity index (χ3n) is 12.6. The SMILES string of the molecule is CC1(C)c2ccccc2-c2nc(-c3ccc4c(c3)c3ccccc3n4-c3ccccc3)nc(-c3cccc(-c4ccc(-c5nc(-c6ccccc6)nc(-c6ccccc6)n5)cc4)c3)c21. The van der Waals surface area contributed by atoms with Gasteiger partial charge >= 0.3 is 0 Å². The van der Waals surface area contributed by atoms with Gasteiger partial charge in [0.15, 0.2) is 23.3 Å². The van der Waals surface area contributed by atoms with Crippen LogP contribution in [0, 0.1) is 0 Å². The Labute approximate surface area is 371 Å². The number of para-hydroxylation sites is 2. The van der Waals surface area contributed by atoms with Crippen molar-refractivity contribution in [1.29, 1.82) is 0 Å². The number of aromatic nitrogens is 6. The van der Waals surface area contributed by atoms with Crippen molar-refractivity contribution in [1.82, 2.24) is 29.5 Å². The van der Waals surface area contributed by atoms with Crippen molar-refractivity contribution in [3.63, 3.8) is 0 Å². The minimum absolute atomic E-state index is 0.313. The highest BCUT2D eigenvalue weighted by molar-refractivity contribution is 6.10. The highest BCUT2D eigenvalue weighted by Crippen LogP contribution is 2.51. The number of nitrogens with zero attached hydrogens (tertiary/aromatic N) is 6. The van der Waals surface area contributed by atoms with E-state index in [0.29, 0.717) is 23.3 Å². The maximum Gasteiger partial charge on any atom is 0.164 e. The van der Waals surface area contributed by atoms with Gasteiger partial charge in [-0.2, -0.15) is 0 Å². The van der Waals surface area contributed by atoms with Gasteiger partial charge in [0.05, 0.1) is 22.4 Å². The molecule has 6 nitrogen and oxygen atoms in total. The summed E-state index contributed by atoms with van der Waals surface area (Å²) in [5, 5.41) is 2.36. The quantitative estimate of drug-likeness (QED) is 0.160. The van der Waals surface area contributed by atoms with E-state index in [2.05, 4.69) is 164 Å². The molecule has 0 fully saturated rings. The molecule has 0 saturated heterocycles. The number of hydrogen-bond donors (Lipinski definition) is 0. The largest absolute Gasteiger partial charge is 0.309 e. The van der Waals surface area contributed by atoms with Crippen LogP contribution in [0.3, 0.4) is 0 Å². The van der Waals surface area contributed by atoms with Crippen molar-refractivity contribution in [3.8, 4) is 84.9 Å². The maximum atomic E-state index is 5.53. The molecule has 0 spiro atoms. The molecule has 12 rings (SSSR count). The Morgan fingerprint density at radius 1 is 0.344 bits per heavy atom. The maximum absolute atomic E-state index is 5.53. The summed E-state index contributed by atoms with van der Waals surface area (Å²) in [5.74, 6) is 2.61. The molecule has 6 heteroatoms. The van der Waals surface area contributed by atoms with Crippen LogP contribution >= 0.6 is 0 Å². The summed E-state index contributed by atoms with van der Waals surface area (Å²) >= 11 is 0. The first-order valence-corrected chi connectivity index (χ1v) is 21.7. The molecule has 0 amide bonds. The van der Waals surface area contributed by atoms with Crippen molar-refractivity contribution in [2.45, 2.75) is 19.3 Å². The van der Waals surface area contributed by atoms with E-state index >= 15 is 0 Å². The predicted molar refractivity (Wildman–Crippen MR) is 260 cm³/mol. The van der Waals surface area contributed by atoms with Gasteiger partial charge in [0, 0.05) is 60.8 Å². The van der Waals surface area contributed by atoms with Gasteiger partial charge < -0.3 is 4.57 Å². The summed E-state index contributed by atoms with van der Waals surface area (Å²) in [7, 11) is 0. The monoisotopic (exact) mass is 820 g/mol. The lowest BCUT2D eigenvalue weighted by Gasteiger charge is -2.24. The van der Waals surface area contributed by atoms with Gasteiger partial charge in [-0.1, -0.05) is 178 Å². The first-order valence-electron chi connectivity index (χ1n) is 21.7. The standard InChI is InChI=1S/C58H40N6/c1-58(2)48-27-14-12-26-46(48)53-51(58)52(59-57(60-53)43-33-34-50-47(36-43)45-25-13-15-28-49(45)64(50)44-23-10-5-11-24-44)42-22-16-21-41(35-42)37-29-31-40(32-30-37)56-62-54(38-17-6-3-7-18-38)61-55(63-56)39-19-8-4-9-20-39/h3-36H,1-2H3. The van der Waals surface area contributed by atoms with Crippen molar-refractivity contribution >= 4 is 21.8 Å². The number of fused-ring (bicyclic) bond motifs is 6. The summed E-state index contributed by atoms with van der Waals surface area (Å²) in [6.45, 7) is 4.59. The highest BCUT2D eigenvalue weighted by atomic mass is 15.0. The van der Waals surface area contributed by atoms with E-state index < -0.39 is 0 Å². The van der Waals surface area contributed by atoms with E-state index in [-0.39, 0.29) is 5.41 Å². The van der Waals surface area contributed by atoms with Crippen LogP contribution in [0.15, 0.2) is 206 Å². The van der Waals surface area contributed by atoms with Crippen LogP contribution in [0.4, 0.5) is 0 Å². The van der Waals surface area contributed by atoms with Crippen LogP contribution in [-0.2, 0) is 5.41 Å². The summed E-state index contributed by atoms with van der Waals surface area (Å²) in [6.07, 6.45) is 0. The van der Waals surface area contributed by atoms with Gasteiger partial charge in [0.25, 0.3) is 0 Å². The molecule has 0 aliphatic heterocycles. The summed E-state index contributed by atoms with van der Waals surface area (Å²) in [6, 6.07) is 72.0. The van der Waals surface area contributed by atoms with Gasteiger partial charge in [-0.3, -0.25) is 0 Å². The first kappa shape index (κ1) is 37.4. The molecule has 0 atom stereocenters. The molecule has 3 aromatic heterocycles. The fraction of sp³-hybridized carbons (Fsp3) is 0.0517. The van der Waals surface area contributed by atoms with Gasteiger partial charge in [-0.15, -0.1) is 0 Å². The van der Waals surface area contributed by atoms with Gasteiger partial charge in [0.2, 0.25) is 0 Å². The second-order valence-corrected chi connectivity index (χ2v) is 16.9. The molecule has 302 valence electrons. The molecule has 0 N–H and O–H groups in total. The average molecular weight is 821 g/mol. The van der Waals surface area contributed by atoms with Crippen LogP contribution in [0.5, 0.6) is 0 Å². The normalized spacial score (nSPS) is 12.7. The number of rotatable bonds is 7. The van der Waals surface area contributed by atoms with Crippen LogP contribution in [0.2, 0.25) is 0 Å². The molecule has 0 radical (unpaired) electrons. The first-order chi connectivity index (χ1) is 31.5. The Kier molecular flexibility index (Phi) is 8.73. The third kappa shape index (κ3) is 6.22. The Balaban J connectivity index is 0.970. The Bertz CT molecular complexity index is 3500. The van der Waals surface area contributed by atoms with Crippen LogP contribution in [0.25, 0.3) is 107 Å². The molecule has 11 aromatic rings. The summed E-state index contributed by atoms with van der Waals surface area (Å²) < 4.78 is 2.34. The van der Waals surface area contributed by atoms with Crippen LogP contribution in [-0.4, -0.2) is 29.5 Å². The zero-order valence-electron chi connectivity index (χ0n) is 35.3. The van der Waals surface area contributed by atoms with Crippen molar-refractivity contribution in [2.75, 3.05) is 0 Å². The Morgan fingerprint density at radius 3 is 1.55 bits per heavy atom. The van der Waals surface area contributed by atoms with Crippen LogP contribution < -0.4 is 0 Å². The van der Waals surface area contributed by atoms with E-state index in [0.717, 1.165) is 72.7 Å². The van der Waals surface area contributed by atoms with E-state index in [1.807, 2.05) is 60.7 Å². The minimum Gasteiger partial charge on any atom is -0.309 e. The molecule has 8 aromatic carbocycles. The van der Waals surface area contributed by atoms with Gasteiger partial charge in [-0.25, -0.2) is 24.9 Å². The topological polar surface area (TPSA) is 69.4 Å². The fourth-order valence-corrected chi connectivity index (χ4v) is 9.52.